The molecule has 6 heteroatoms. The highest BCUT2D eigenvalue weighted by Crippen LogP contribution is 2.39. The summed E-state index contributed by atoms with van der Waals surface area (Å²) in [5.74, 6) is 0. The van der Waals surface area contributed by atoms with E-state index >= 15 is 0 Å². The summed E-state index contributed by atoms with van der Waals surface area (Å²) >= 11 is 0. The fraction of sp³-hybridized carbons (Fsp3) is 0.357. The molecule has 3 rings (SSSR count). The Bertz CT molecular complexity index is 789. The summed E-state index contributed by atoms with van der Waals surface area (Å²) in [5, 5.41) is -0.542. The molecule has 2 aromatic rings. The fourth-order valence-corrected chi connectivity index (χ4v) is 4.24. The molecule has 1 aliphatic rings. The summed E-state index contributed by atoms with van der Waals surface area (Å²) in [6.07, 6.45) is 5.64. The zero-order chi connectivity index (χ0) is 14.3. The maximum atomic E-state index is 12.1. The Morgan fingerprint density at radius 1 is 1.30 bits per heavy atom. The number of nitrogens with zero attached hydrogens (tertiary/aromatic N) is 1. The van der Waals surface area contributed by atoms with Crippen molar-refractivity contribution in [1.29, 1.82) is 0 Å². The number of fused-ring (bicyclic) bond motifs is 1. The van der Waals surface area contributed by atoms with Gasteiger partial charge in [0.1, 0.15) is 0 Å². The van der Waals surface area contributed by atoms with E-state index in [-0.39, 0.29) is 11.7 Å². The van der Waals surface area contributed by atoms with Crippen LogP contribution in [0.25, 0.3) is 0 Å². The van der Waals surface area contributed by atoms with Gasteiger partial charge in [-0.3, -0.25) is 4.57 Å². The Labute approximate surface area is 117 Å². The number of nitrogens with one attached hydrogen (secondary N) is 1. The van der Waals surface area contributed by atoms with Crippen molar-refractivity contribution >= 4 is 9.84 Å². The monoisotopic (exact) mass is 292 g/mol. The van der Waals surface area contributed by atoms with Gasteiger partial charge in [0.2, 0.25) is 0 Å². The number of H-pyrrole nitrogens is 1. The molecule has 5 nitrogen and oxygen atoms in total. The van der Waals surface area contributed by atoms with Crippen LogP contribution in [0.4, 0.5) is 0 Å². The number of rotatable bonds is 2. The van der Waals surface area contributed by atoms with Crippen LogP contribution in [0.3, 0.4) is 0 Å². The van der Waals surface area contributed by atoms with Crippen molar-refractivity contribution in [2.24, 2.45) is 0 Å². The van der Waals surface area contributed by atoms with E-state index in [9.17, 15) is 13.2 Å². The van der Waals surface area contributed by atoms with E-state index < -0.39 is 15.1 Å². The molecule has 106 valence electrons. The van der Waals surface area contributed by atoms with Gasteiger partial charge in [-0.1, -0.05) is 24.3 Å². The van der Waals surface area contributed by atoms with Gasteiger partial charge in [0, 0.05) is 24.7 Å². The minimum atomic E-state index is -3.20. The summed E-state index contributed by atoms with van der Waals surface area (Å²) in [6, 6.07) is 7.46. The lowest BCUT2D eigenvalue weighted by molar-refractivity contribution is 0.418. The van der Waals surface area contributed by atoms with Crippen molar-refractivity contribution in [3.05, 3.63) is 58.3 Å². The van der Waals surface area contributed by atoms with E-state index in [0.717, 1.165) is 11.1 Å². The average molecular weight is 292 g/mol. The van der Waals surface area contributed by atoms with Crippen molar-refractivity contribution in [3.8, 4) is 0 Å². The SMILES string of the molecule is CS(=O)(=O)C1C[C@H](n2cc[nH]c2=O)Cc2ccccc21. The lowest BCUT2D eigenvalue weighted by Gasteiger charge is -2.30. The summed E-state index contributed by atoms with van der Waals surface area (Å²) in [6.45, 7) is 0. The lowest BCUT2D eigenvalue weighted by Crippen LogP contribution is -2.30. The van der Waals surface area contributed by atoms with E-state index in [1.165, 1.54) is 6.26 Å². The maximum Gasteiger partial charge on any atom is 0.325 e. The third-order valence-corrected chi connectivity index (χ3v) is 5.41. The second kappa shape index (κ2) is 4.63. The molecule has 1 aromatic heterocycles. The van der Waals surface area contributed by atoms with Gasteiger partial charge in [0.05, 0.1) is 5.25 Å². The van der Waals surface area contributed by atoms with E-state index in [4.69, 9.17) is 0 Å². The molecule has 0 amide bonds. The predicted molar refractivity (Wildman–Crippen MR) is 76.4 cm³/mol. The first kappa shape index (κ1) is 13.2. The highest BCUT2D eigenvalue weighted by Gasteiger charge is 2.34. The van der Waals surface area contributed by atoms with Gasteiger partial charge in [0.15, 0.2) is 9.84 Å². The number of imidazole rings is 1. The molecule has 1 N–H and O–H groups in total. The standard InChI is InChI=1S/C14H16N2O3S/c1-20(18,19)13-9-11(16-7-6-15-14(16)17)8-10-4-2-3-5-12(10)13/h2-7,11,13H,8-9H2,1H3,(H,15,17)/t11-,13?/m1/s1. The molecule has 0 spiro atoms. The first-order chi connectivity index (χ1) is 9.47. The molecular formula is C14H16N2O3S. The molecule has 0 fully saturated rings. The summed E-state index contributed by atoms with van der Waals surface area (Å²) in [5.41, 5.74) is 1.68. The molecule has 1 unspecified atom stereocenters. The van der Waals surface area contributed by atoms with Crippen LogP contribution < -0.4 is 5.69 Å². The van der Waals surface area contributed by atoms with E-state index in [0.29, 0.717) is 12.8 Å². The summed E-state index contributed by atoms with van der Waals surface area (Å²) in [4.78, 5) is 14.3. The van der Waals surface area contributed by atoms with E-state index in [2.05, 4.69) is 4.98 Å². The zero-order valence-corrected chi connectivity index (χ0v) is 11.9. The van der Waals surface area contributed by atoms with Gasteiger partial charge < -0.3 is 4.98 Å². The van der Waals surface area contributed by atoms with Crippen LogP contribution >= 0.6 is 0 Å². The highest BCUT2D eigenvalue weighted by molar-refractivity contribution is 7.90. The Morgan fingerprint density at radius 2 is 2.05 bits per heavy atom. The molecule has 1 aliphatic carbocycles. The molecule has 2 atom stereocenters. The number of hydrogen-bond acceptors (Lipinski definition) is 3. The smallest absolute Gasteiger partial charge is 0.313 e. The molecule has 20 heavy (non-hydrogen) atoms. The number of aromatic amines is 1. The molecule has 0 saturated heterocycles. The van der Waals surface area contributed by atoms with Gasteiger partial charge in [-0.2, -0.15) is 0 Å². The quantitative estimate of drug-likeness (QED) is 0.910. The largest absolute Gasteiger partial charge is 0.325 e. The van der Waals surface area contributed by atoms with Crippen molar-refractivity contribution in [3.63, 3.8) is 0 Å². The Morgan fingerprint density at radius 3 is 2.70 bits per heavy atom. The lowest BCUT2D eigenvalue weighted by atomic mass is 9.88. The van der Waals surface area contributed by atoms with Crippen LogP contribution in [0.1, 0.15) is 28.8 Å². The second-order valence-electron chi connectivity index (χ2n) is 5.28. The summed E-state index contributed by atoms with van der Waals surface area (Å²) < 4.78 is 25.7. The van der Waals surface area contributed by atoms with Crippen LogP contribution in [0.15, 0.2) is 41.5 Å². The van der Waals surface area contributed by atoms with Crippen LogP contribution in [-0.2, 0) is 16.3 Å². The first-order valence-electron chi connectivity index (χ1n) is 6.49. The Kier molecular flexibility index (Phi) is 3.05. The third-order valence-electron chi connectivity index (χ3n) is 3.93. The minimum absolute atomic E-state index is 0.122. The molecule has 0 bridgehead atoms. The van der Waals surface area contributed by atoms with E-state index in [1.807, 2.05) is 24.3 Å². The normalized spacial score (nSPS) is 22.4. The average Bonchev–Trinajstić information content (AvgIpc) is 2.82. The van der Waals surface area contributed by atoms with Crippen molar-refractivity contribution in [2.45, 2.75) is 24.1 Å². The van der Waals surface area contributed by atoms with Gasteiger partial charge in [-0.05, 0) is 24.0 Å². The Balaban J connectivity index is 2.10. The molecule has 1 heterocycles. The maximum absolute atomic E-state index is 12.1. The van der Waals surface area contributed by atoms with Gasteiger partial charge in [0.25, 0.3) is 0 Å². The third kappa shape index (κ3) is 2.20. The van der Waals surface area contributed by atoms with Gasteiger partial charge in [-0.15, -0.1) is 0 Å². The number of aromatic nitrogens is 2. The first-order valence-corrected chi connectivity index (χ1v) is 8.44. The van der Waals surface area contributed by atoms with Gasteiger partial charge in [-0.25, -0.2) is 13.2 Å². The van der Waals surface area contributed by atoms with Crippen molar-refractivity contribution in [1.82, 2.24) is 9.55 Å². The second-order valence-corrected chi connectivity index (χ2v) is 7.51. The van der Waals surface area contributed by atoms with Gasteiger partial charge >= 0.3 is 5.69 Å². The van der Waals surface area contributed by atoms with Crippen LogP contribution in [0, 0.1) is 0 Å². The van der Waals surface area contributed by atoms with Crippen LogP contribution in [-0.4, -0.2) is 24.2 Å². The fourth-order valence-electron chi connectivity index (χ4n) is 2.98. The van der Waals surface area contributed by atoms with E-state index in [1.54, 1.807) is 17.0 Å². The predicted octanol–water partition coefficient (Wildman–Crippen LogP) is 1.45. The molecular weight excluding hydrogens is 276 g/mol. The molecule has 1 aromatic carbocycles. The molecule has 0 radical (unpaired) electrons. The van der Waals surface area contributed by atoms with Crippen LogP contribution in [0.5, 0.6) is 0 Å². The van der Waals surface area contributed by atoms with Crippen molar-refractivity contribution < 1.29 is 8.42 Å². The topological polar surface area (TPSA) is 71.9 Å². The minimum Gasteiger partial charge on any atom is -0.313 e. The van der Waals surface area contributed by atoms with Crippen molar-refractivity contribution in [2.75, 3.05) is 6.26 Å². The highest BCUT2D eigenvalue weighted by atomic mass is 32.2. The Hall–Kier alpha value is -1.82. The number of benzene rings is 1. The summed E-state index contributed by atoms with van der Waals surface area (Å²) in [7, 11) is -3.20. The zero-order valence-electron chi connectivity index (χ0n) is 11.1. The molecule has 0 aliphatic heterocycles. The molecule has 0 saturated carbocycles. The van der Waals surface area contributed by atoms with Crippen LogP contribution in [0.2, 0.25) is 0 Å². The number of sulfone groups is 1. The number of hydrogen-bond donors (Lipinski definition) is 1.